The Morgan fingerprint density at radius 3 is 2.67 bits per heavy atom. The van der Waals surface area contributed by atoms with Gasteiger partial charge in [0.1, 0.15) is 0 Å². The Kier molecular flexibility index (Phi) is 3.48. The number of carbonyl (C=O) groups is 1. The molecule has 1 aliphatic heterocycles. The van der Waals surface area contributed by atoms with E-state index in [1.807, 2.05) is 18.2 Å². The molecule has 3 rings (SSSR count). The average Bonchev–Trinajstić information content (AvgIpc) is 2.53. The molecule has 0 bridgehead atoms. The molecule has 1 aliphatic rings. The minimum absolute atomic E-state index is 0.0106. The molecule has 21 heavy (non-hydrogen) atoms. The number of amides is 1. The quantitative estimate of drug-likeness (QED) is 0.941. The van der Waals surface area contributed by atoms with Gasteiger partial charge in [-0.05, 0) is 23.3 Å². The number of pyridine rings is 1. The molecular formula is C16H16N2O3. The van der Waals surface area contributed by atoms with Gasteiger partial charge in [0.25, 0.3) is 0 Å². The number of hydrogen-bond donors (Lipinski definition) is 1. The molecule has 5 heteroatoms. The predicted molar refractivity (Wildman–Crippen MR) is 78.9 cm³/mol. The van der Waals surface area contributed by atoms with Gasteiger partial charge in [-0.25, -0.2) is 0 Å². The number of nitrogens with zero attached hydrogens (tertiary/aromatic N) is 1. The van der Waals surface area contributed by atoms with Crippen molar-refractivity contribution in [1.29, 1.82) is 0 Å². The van der Waals surface area contributed by atoms with Crippen LogP contribution in [0.1, 0.15) is 23.5 Å². The van der Waals surface area contributed by atoms with Gasteiger partial charge in [-0.2, -0.15) is 0 Å². The van der Waals surface area contributed by atoms with Crippen molar-refractivity contribution in [3.63, 3.8) is 0 Å². The summed E-state index contributed by atoms with van der Waals surface area (Å²) in [4.78, 5) is 16.1. The van der Waals surface area contributed by atoms with Gasteiger partial charge in [-0.15, -0.1) is 0 Å². The molecule has 0 radical (unpaired) electrons. The summed E-state index contributed by atoms with van der Waals surface area (Å²) in [5.74, 6) is 1.22. The number of carbonyl (C=O) groups excluding carboxylic acids is 1. The number of anilines is 1. The van der Waals surface area contributed by atoms with Crippen LogP contribution in [-0.4, -0.2) is 25.1 Å². The van der Waals surface area contributed by atoms with Crippen LogP contribution in [0.2, 0.25) is 0 Å². The van der Waals surface area contributed by atoms with Crippen molar-refractivity contribution in [2.24, 2.45) is 0 Å². The second kappa shape index (κ2) is 5.44. The van der Waals surface area contributed by atoms with Gasteiger partial charge < -0.3 is 14.8 Å². The smallest absolute Gasteiger partial charge is 0.225 e. The zero-order valence-electron chi connectivity index (χ0n) is 11.9. The van der Waals surface area contributed by atoms with Crippen molar-refractivity contribution >= 4 is 11.6 Å². The van der Waals surface area contributed by atoms with Gasteiger partial charge in [0.05, 0.1) is 14.2 Å². The van der Waals surface area contributed by atoms with E-state index in [1.54, 1.807) is 32.7 Å². The van der Waals surface area contributed by atoms with Crippen molar-refractivity contribution in [2.45, 2.75) is 12.3 Å². The summed E-state index contributed by atoms with van der Waals surface area (Å²) < 4.78 is 10.6. The number of methoxy groups -OCH3 is 2. The molecule has 2 aromatic rings. The minimum Gasteiger partial charge on any atom is -0.493 e. The standard InChI is InChI=1S/C16H16N2O3/c1-20-14-6-12-11(10-4-3-5-17-9-10)7-16(19)18-13(12)8-15(14)21-2/h3-6,8-9,11H,7H2,1-2H3,(H,18,19)/t11-/m1/s1. The fourth-order valence-electron chi connectivity index (χ4n) is 2.67. The zero-order valence-corrected chi connectivity index (χ0v) is 11.9. The lowest BCUT2D eigenvalue weighted by atomic mass is 9.85. The van der Waals surface area contributed by atoms with Crippen LogP contribution in [0, 0.1) is 0 Å². The number of aromatic nitrogens is 1. The van der Waals surface area contributed by atoms with Crippen LogP contribution in [0.3, 0.4) is 0 Å². The van der Waals surface area contributed by atoms with Crippen molar-refractivity contribution in [3.8, 4) is 11.5 Å². The van der Waals surface area contributed by atoms with E-state index < -0.39 is 0 Å². The van der Waals surface area contributed by atoms with Crippen LogP contribution in [0.5, 0.6) is 11.5 Å². The fraction of sp³-hybridized carbons (Fsp3) is 0.250. The number of fused-ring (bicyclic) bond motifs is 1. The van der Waals surface area contributed by atoms with Crippen LogP contribution < -0.4 is 14.8 Å². The number of nitrogens with one attached hydrogen (secondary N) is 1. The lowest BCUT2D eigenvalue weighted by molar-refractivity contribution is -0.116. The molecule has 0 aliphatic carbocycles. The van der Waals surface area contributed by atoms with E-state index in [4.69, 9.17) is 9.47 Å². The third-order valence-electron chi connectivity index (χ3n) is 3.68. The Bertz CT molecular complexity index is 671. The van der Waals surface area contributed by atoms with Gasteiger partial charge in [0.2, 0.25) is 5.91 Å². The van der Waals surface area contributed by atoms with Crippen molar-refractivity contribution in [2.75, 3.05) is 19.5 Å². The van der Waals surface area contributed by atoms with Gasteiger partial charge in [-0.3, -0.25) is 9.78 Å². The molecule has 0 fully saturated rings. The van der Waals surface area contributed by atoms with E-state index in [0.717, 1.165) is 16.8 Å². The summed E-state index contributed by atoms with van der Waals surface area (Å²) in [7, 11) is 3.18. The number of rotatable bonds is 3. The first-order chi connectivity index (χ1) is 10.2. The summed E-state index contributed by atoms with van der Waals surface area (Å²) in [5.41, 5.74) is 2.79. The number of benzene rings is 1. The van der Waals surface area contributed by atoms with Gasteiger partial charge in [-0.1, -0.05) is 6.07 Å². The normalized spacial score (nSPS) is 16.9. The maximum atomic E-state index is 12.0. The molecule has 0 saturated carbocycles. The first-order valence-corrected chi connectivity index (χ1v) is 6.68. The molecule has 2 heterocycles. The molecule has 5 nitrogen and oxygen atoms in total. The summed E-state index contributed by atoms with van der Waals surface area (Å²) in [6.07, 6.45) is 3.92. The summed E-state index contributed by atoms with van der Waals surface area (Å²) in [6.45, 7) is 0. The molecule has 1 amide bonds. The molecule has 108 valence electrons. The lowest BCUT2D eigenvalue weighted by Crippen LogP contribution is -2.23. The summed E-state index contributed by atoms with van der Waals surface area (Å²) >= 11 is 0. The number of hydrogen-bond acceptors (Lipinski definition) is 4. The van der Waals surface area contributed by atoms with Crippen LogP contribution in [-0.2, 0) is 4.79 Å². The van der Waals surface area contributed by atoms with Crippen molar-refractivity contribution < 1.29 is 14.3 Å². The molecule has 1 N–H and O–H groups in total. The van der Waals surface area contributed by atoms with Gasteiger partial charge in [0.15, 0.2) is 11.5 Å². The average molecular weight is 284 g/mol. The fourth-order valence-corrected chi connectivity index (χ4v) is 2.67. The van der Waals surface area contributed by atoms with Crippen molar-refractivity contribution in [3.05, 3.63) is 47.8 Å². The maximum absolute atomic E-state index is 12.0. The first kappa shape index (κ1) is 13.4. The molecule has 0 unspecified atom stereocenters. The molecule has 1 aromatic carbocycles. The van der Waals surface area contributed by atoms with E-state index >= 15 is 0 Å². The third-order valence-corrected chi connectivity index (χ3v) is 3.68. The Balaban J connectivity index is 2.13. The van der Waals surface area contributed by atoms with E-state index in [9.17, 15) is 4.79 Å². The Hall–Kier alpha value is -2.56. The molecular weight excluding hydrogens is 268 g/mol. The second-order valence-corrected chi connectivity index (χ2v) is 4.89. The topological polar surface area (TPSA) is 60.5 Å². The summed E-state index contributed by atoms with van der Waals surface area (Å²) in [6, 6.07) is 7.58. The molecule has 1 aromatic heterocycles. The monoisotopic (exact) mass is 284 g/mol. The predicted octanol–water partition coefficient (Wildman–Crippen LogP) is 2.57. The molecule has 1 atom stereocenters. The highest BCUT2D eigenvalue weighted by molar-refractivity contribution is 5.96. The van der Waals surface area contributed by atoms with E-state index in [-0.39, 0.29) is 11.8 Å². The van der Waals surface area contributed by atoms with Crippen LogP contribution in [0.15, 0.2) is 36.7 Å². The minimum atomic E-state index is -0.0257. The van der Waals surface area contributed by atoms with Crippen LogP contribution in [0.25, 0.3) is 0 Å². The largest absolute Gasteiger partial charge is 0.493 e. The second-order valence-electron chi connectivity index (χ2n) is 4.89. The Morgan fingerprint density at radius 2 is 2.00 bits per heavy atom. The highest BCUT2D eigenvalue weighted by atomic mass is 16.5. The molecule has 0 saturated heterocycles. The first-order valence-electron chi connectivity index (χ1n) is 6.68. The lowest BCUT2D eigenvalue weighted by Gasteiger charge is -2.27. The summed E-state index contributed by atoms with van der Waals surface area (Å²) in [5, 5.41) is 2.89. The third kappa shape index (κ3) is 2.42. The van der Waals surface area contributed by atoms with Crippen LogP contribution >= 0.6 is 0 Å². The van der Waals surface area contributed by atoms with Crippen molar-refractivity contribution in [1.82, 2.24) is 4.98 Å². The van der Waals surface area contributed by atoms with E-state index in [1.165, 1.54) is 0 Å². The Morgan fingerprint density at radius 1 is 1.24 bits per heavy atom. The highest BCUT2D eigenvalue weighted by Gasteiger charge is 2.28. The van der Waals surface area contributed by atoms with Gasteiger partial charge in [0, 0.05) is 36.5 Å². The Labute approximate surface area is 122 Å². The highest BCUT2D eigenvalue weighted by Crippen LogP contribution is 2.42. The SMILES string of the molecule is COc1cc2c(cc1OC)[C@@H](c1cccnc1)CC(=O)N2. The van der Waals surface area contributed by atoms with Crippen LogP contribution in [0.4, 0.5) is 5.69 Å². The van der Waals surface area contributed by atoms with E-state index in [2.05, 4.69) is 10.3 Å². The molecule has 0 spiro atoms. The van der Waals surface area contributed by atoms with Gasteiger partial charge >= 0.3 is 0 Å². The van der Waals surface area contributed by atoms with E-state index in [0.29, 0.717) is 17.9 Å². The zero-order chi connectivity index (χ0) is 14.8. The number of ether oxygens (including phenoxy) is 2. The maximum Gasteiger partial charge on any atom is 0.225 e.